The standard InChI is InChI=1S/C15H21FN2O2S.ClH/c1-10-7-12(16)5-6-15(10)21(19,20)18-8-11-3-2-4-14(17)13(11)9-18;/h5-7,11,13-14H,2-4,8-9,17H2,1H3;1H. The van der Waals surface area contributed by atoms with Gasteiger partial charge >= 0.3 is 0 Å². The normalized spacial score (nSPS) is 29.0. The molecule has 2 fully saturated rings. The Morgan fingerprint density at radius 1 is 1.27 bits per heavy atom. The number of nitrogens with zero attached hydrogens (tertiary/aromatic N) is 1. The number of fused-ring (bicyclic) bond motifs is 1. The Morgan fingerprint density at radius 2 is 2.00 bits per heavy atom. The van der Waals surface area contributed by atoms with Gasteiger partial charge in [0, 0.05) is 19.1 Å². The Labute approximate surface area is 137 Å². The number of aryl methyl sites for hydroxylation is 1. The zero-order chi connectivity index (χ0) is 15.2. The van der Waals surface area contributed by atoms with E-state index in [0.29, 0.717) is 24.6 Å². The molecule has 2 aliphatic rings. The largest absolute Gasteiger partial charge is 0.327 e. The highest BCUT2D eigenvalue weighted by molar-refractivity contribution is 7.89. The molecule has 1 aromatic rings. The van der Waals surface area contributed by atoms with Crippen molar-refractivity contribution in [1.82, 2.24) is 4.31 Å². The Morgan fingerprint density at radius 3 is 2.64 bits per heavy atom. The van der Waals surface area contributed by atoms with Crippen LogP contribution in [-0.2, 0) is 10.0 Å². The van der Waals surface area contributed by atoms with Gasteiger partial charge in [-0.25, -0.2) is 12.8 Å². The van der Waals surface area contributed by atoms with Gasteiger partial charge in [0.1, 0.15) is 5.82 Å². The molecule has 1 aliphatic heterocycles. The zero-order valence-corrected chi connectivity index (χ0v) is 14.2. The summed E-state index contributed by atoms with van der Waals surface area (Å²) in [7, 11) is -3.56. The lowest BCUT2D eigenvalue weighted by atomic mass is 9.78. The van der Waals surface area contributed by atoms with Crippen LogP contribution in [0.1, 0.15) is 24.8 Å². The van der Waals surface area contributed by atoms with Crippen molar-refractivity contribution >= 4 is 22.4 Å². The average Bonchev–Trinajstić information content (AvgIpc) is 2.84. The summed E-state index contributed by atoms with van der Waals surface area (Å²) < 4.78 is 40.3. The summed E-state index contributed by atoms with van der Waals surface area (Å²) in [5, 5.41) is 0. The number of sulfonamides is 1. The predicted molar refractivity (Wildman–Crippen MR) is 86.0 cm³/mol. The Kier molecular flexibility index (Phi) is 5.16. The molecular formula is C15H22ClFN2O2S. The van der Waals surface area contributed by atoms with Crippen LogP contribution in [-0.4, -0.2) is 31.9 Å². The number of benzene rings is 1. The van der Waals surface area contributed by atoms with Crippen molar-refractivity contribution in [3.05, 3.63) is 29.6 Å². The number of hydrogen-bond acceptors (Lipinski definition) is 3. The van der Waals surface area contributed by atoms with Gasteiger partial charge in [-0.1, -0.05) is 6.42 Å². The SMILES string of the molecule is Cc1cc(F)ccc1S(=O)(=O)N1CC2CCCC(N)C2C1.Cl. The van der Waals surface area contributed by atoms with E-state index in [9.17, 15) is 12.8 Å². The van der Waals surface area contributed by atoms with Gasteiger partial charge in [-0.15, -0.1) is 12.4 Å². The third-order valence-corrected chi connectivity index (χ3v) is 6.87. The lowest BCUT2D eigenvalue weighted by Gasteiger charge is -2.29. The van der Waals surface area contributed by atoms with Gasteiger partial charge in [-0.2, -0.15) is 4.31 Å². The van der Waals surface area contributed by atoms with Crippen LogP contribution in [0.25, 0.3) is 0 Å². The number of hydrogen-bond donors (Lipinski definition) is 1. The van der Waals surface area contributed by atoms with Crippen LogP contribution in [0.2, 0.25) is 0 Å². The van der Waals surface area contributed by atoms with Crippen LogP contribution in [0.4, 0.5) is 4.39 Å². The van der Waals surface area contributed by atoms with E-state index in [1.54, 1.807) is 6.92 Å². The quantitative estimate of drug-likeness (QED) is 0.892. The van der Waals surface area contributed by atoms with E-state index >= 15 is 0 Å². The first-order valence-electron chi connectivity index (χ1n) is 7.41. The summed E-state index contributed by atoms with van der Waals surface area (Å²) in [6, 6.07) is 3.93. The minimum atomic E-state index is -3.56. The van der Waals surface area contributed by atoms with Crippen molar-refractivity contribution in [3.8, 4) is 0 Å². The predicted octanol–water partition coefficient (Wildman–Crippen LogP) is 2.30. The van der Waals surface area contributed by atoms with Crippen LogP contribution >= 0.6 is 12.4 Å². The molecule has 0 bridgehead atoms. The summed E-state index contributed by atoms with van der Waals surface area (Å²) in [6.07, 6.45) is 3.10. The Hall–Kier alpha value is -0.690. The molecule has 1 heterocycles. The molecule has 0 aromatic heterocycles. The molecule has 3 rings (SSSR count). The molecule has 7 heteroatoms. The molecule has 4 nitrogen and oxygen atoms in total. The van der Waals surface area contributed by atoms with E-state index in [4.69, 9.17) is 5.73 Å². The molecule has 1 aliphatic carbocycles. The van der Waals surface area contributed by atoms with Crippen molar-refractivity contribution in [1.29, 1.82) is 0 Å². The van der Waals surface area contributed by atoms with E-state index in [-0.39, 0.29) is 29.3 Å². The van der Waals surface area contributed by atoms with E-state index < -0.39 is 15.8 Å². The second kappa shape index (κ2) is 6.43. The van der Waals surface area contributed by atoms with Crippen molar-refractivity contribution in [2.45, 2.75) is 37.1 Å². The van der Waals surface area contributed by atoms with Gasteiger partial charge < -0.3 is 5.73 Å². The minimum Gasteiger partial charge on any atom is -0.327 e. The molecule has 1 aromatic carbocycles. The molecule has 124 valence electrons. The maximum Gasteiger partial charge on any atom is 0.243 e. The summed E-state index contributed by atoms with van der Waals surface area (Å²) in [5.74, 6) is 0.210. The third-order valence-electron chi connectivity index (χ3n) is 4.88. The molecule has 1 saturated carbocycles. The maximum atomic E-state index is 13.2. The van der Waals surface area contributed by atoms with Crippen LogP contribution in [0.15, 0.2) is 23.1 Å². The smallest absolute Gasteiger partial charge is 0.243 e. The lowest BCUT2D eigenvalue weighted by molar-refractivity contribution is 0.260. The van der Waals surface area contributed by atoms with Crippen molar-refractivity contribution in [2.24, 2.45) is 17.6 Å². The Bertz CT molecular complexity index is 653. The number of halogens is 2. The van der Waals surface area contributed by atoms with Gasteiger partial charge in [0.25, 0.3) is 0 Å². The average molecular weight is 349 g/mol. The topological polar surface area (TPSA) is 63.4 Å². The molecule has 3 unspecified atom stereocenters. The lowest BCUT2D eigenvalue weighted by Crippen LogP contribution is -2.38. The first-order valence-corrected chi connectivity index (χ1v) is 8.85. The van der Waals surface area contributed by atoms with E-state index in [1.165, 1.54) is 22.5 Å². The highest BCUT2D eigenvalue weighted by Gasteiger charge is 2.43. The fourth-order valence-corrected chi connectivity index (χ4v) is 5.45. The van der Waals surface area contributed by atoms with Crippen LogP contribution in [0, 0.1) is 24.6 Å². The molecule has 22 heavy (non-hydrogen) atoms. The molecule has 1 saturated heterocycles. The number of nitrogens with two attached hydrogens (primary N) is 1. The maximum absolute atomic E-state index is 13.2. The van der Waals surface area contributed by atoms with Gasteiger partial charge in [0.15, 0.2) is 0 Å². The molecule has 0 amide bonds. The van der Waals surface area contributed by atoms with Crippen LogP contribution in [0.5, 0.6) is 0 Å². The van der Waals surface area contributed by atoms with Crippen molar-refractivity contribution in [2.75, 3.05) is 13.1 Å². The first-order chi connectivity index (χ1) is 9.89. The molecule has 3 atom stereocenters. The highest BCUT2D eigenvalue weighted by Crippen LogP contribution is 2.38. The molecule has 0 spiro atoms. The van der Waals surface area contributed by atoms with Gasteiger partial charge in [-0.05, 0) is 55.4 Å². The fourth-order valence-electron chi connectivity index (χ4n) is 3.71. The van der Waals surface area contributed by atoms with Gasteiger partial charge in [-0.3, -0.25) is 0 Å². The van der Waals surface area contributed by atoms with E-state index in [2.05, 4.69) is 0 Å². The van der Waals surface area contributed by atoms with E-state index in [1.807, 2.05) is 0 Å². The Balaban J connectivity index is 0.00000176. The summed E-state index contributed by atoms with van der Waals surface area (Å²) in [5.41, 5.74) is 6.60. The third kappa shape index (κ3) is 3.02. The first kappa shape index (κ1) is 17.7. The zero-order valence-electron chi connectivity index (χ0n) is 12.5. The number of rotatable bonds is 2. The monoisotopic (exact) mass is 348 g/mol. The van der Waals surface area contributed by atoms with Crippen molar-refractivity contribution < 1.29 is 12.8 Å². The van der Waals surface area contributed by atoms with Gasteiger partial charge in [0.2, 0.25) is 10.0 Å². The van der Waals surface area contributed by atoms with Crippen LogP contribution < -0.4 is 5.73 Å². The minimum absolute atomic E-state index is 0. The van der Waals surface area contributed by atoms with Crippen LogP contribution in [0.3, 0.4) is 0 Å². The molecule has 2 N–H and O–H groups in total. The summed E-state index contributed by atoms with van der Waals surface area (Å²) in [6.45, 7) is 2.66. The summed E-state index contributed by atoms with van der Waals surface area (Å²) in [4.78, 5) is 0.205. The second-order valence-corrected chi connectivity index (χ2v) is 8.16. The van der Waals surface area contributed by atoms with Gasteiger partial charge in [0.05, 0.1) is 4.90 Å². The molecule has 0 radical (unpaired) electrons. The van der Waals surface area contributed by atoms with E-state index in [0.717, 1.165) is 19.3 Å². The second-order valence-electron chi connectivity index (χ2n) is 6.25. The van der Waals surface area contributed by atoms with Crippen molar-refractivity contribution in [3.63, 3.8) is 0 Å². The highest BCUT2D eigenvalue weighted by atomic mass is 35.5. The summed E-state index contributed by atoms with van der Waals surface area (Å²) >= 11 is 0. The fraction of sp³-hybridized carbons (Fsp3) is 0.600. The molecular weight excluding hydrogens is 327 g/mol.